The first-order valence-electron chi connectivity index (χ1n) is 9.08. The molecule has 27 heavy (non-hydrogen) atoms. The average Bonchev–Trinajstić information content (AvgIpc) is 2.70. The number of hydrogen-bond acceptors (Lipinski definition) is 4. The topological polar surface area (TPSA) is 54.4 Å². The van der Waals surface area contributed by atoms with Gasteiger partial charge in [0.25, 0.3) is 0 Å². The van der Waals surface area contributed by atoms with Gasteiger partial charge in [-0.1, -0.05) is 30.3 Å². The molecule has 5 heteroatoms. The fourth-order valence-corrected chi connectivity index (χ4v) is 3.29. The second-order valence-corrected chi connectivity index (χ2v) is 6.72. The van der Waals surface area contributed by atoms with E-state index in [1.807, 2.05) is 24.3 Å². The highest BCUT2D eigenvalue weighted by atomic mass is 19.1. The molecule has 0 unspecified atom stereocenters. The maximum atomic E-state index is 13.0. The third-order valence-corrected chi connectivity index (χ3v) is 4.78. The van der Waals surface area contributed by atoms with Gasteiger partial charge in [-0.05, 0) is 48.2 Å². The number of aromatic nitrogens is 1. The molecule has 1 aromatic heterocycles. The van der Waals surface area contributed by atoms with E-state index in [4.69, 9.17) is 4.74 Å². The molecule has 1 aliphatic heterocycles. The molecular weight excluding hydrogens is 343 g/mol. The summed E-state index contributed by atoms with van der Waals surface area (Å²) in [4.78, 5) is 4.47. The van der Waals surface area contributed by atoms with E-state index < -0.39 is 0 Å². The number of benzene rings is 2. The van der Waals surface area contributed by atoms with E-state index in [-0.39, 0.29) is 17.7 Å². The van der Waals surface area contributed by atoms with Crippen molar-refractivity contribution in [2.45, 2.75) is 25.5 Å². The van der Waals surface area contributed by atoms with Gasteiger partial charge in [0.2, 0.25) is 0 Å². The second-order valence-electron chi connectivity index (χ2n) is 6.72. The molecule has 4 nitrogen and oxygen atoms in total. The summed E-state index contributed by atoms with van der Waals surface area (Å²) in [5, 5.41) is 13.3. The molecule has 2 N–H and O–H groups in total. The molecule has 0 aliphatic carbocycles. The lowest BCUT2D eigenvalue weighted by molar-refractivity contribution is 0.163. The number of nitrogens with zero attached hydrogens (tertiary/aromatic N) is 1. The quantitative estimate of drug-likeness (QED) is 0.716. The first-order valence-corrected chi connectivity index (χ1v) is 9.08. The Morgan fingerprint density at radius 2 is 1.89 bits per heavy atom. The van der Waals surface area contributed by atoms with Gasteiger partial charge in [0.15, 0.2) is 11.5 Å². The Hall–Kier alpha value is -2.92. The molecular formula is C22H21FN2O2. The van der Waals surface area contributed by atoms with Gasteiger partial charge in [-0.3, -0.25) is 4.98 Å². The largest absolute Gasteiger partial charge is 0.504 e. The smallest absolute Gasteiger partial charge is 0.164 e. The van der Waals surface area contributed by atoms with Crippen molar-refractivity contribution in [3.05, 3.63) is 77.9 Å². The van der Waals surface area contributed by atoms with Crippen LogP contribution in [0.15, 0.2) is 60.8 Å². The van der Waals surface area contributed by atoms with E-state index in [2.05, 4.69) is 10.3 Å². The lowest BCUT2D eigenvalue weighted by atomic mass is 10.0. The lowest BCUT2D eigenvalue weighted by Crippen LogP contribution is -2.34. The number of fused-ring (bicyclic) bond motifs is 1. The summed E-state index contributed by atoms with van der Waals surface area (Å²) in [7, 11) is 0. The number of rotatable bonds is 5. The van der Waals surface area contributed by atoms with Gasteiger partial charge in [-0.2, -0.15) is 0 Å². The van der Waals surface area contributed by atoms with Gasteiger partial charge in [0, 0.05) is 24.8 Å². The Labute approximate surface area is 157 Å². The van der Waals surface area contributed by atoms with Crippen LogP contribution in [0.2, 0.25) is 0 Å². The zero-order valence-electron chi connectivity index (χ0n) is 14.9. The Bertz CT molecular complexity index is 911. The van der Waals surface area contributed by atoms with Gasteiger partial charge in [-0.25, -0.2) is 4.39 Å². The number of aryl methyl sites for hydroxylation is 1. The third kappa shape index (κ3) is 4.09. The highest BCUT2D eigenvalue weighted by Gasteiger charge is 2.21. The molecule has 0 fully saturated rings. The second kappa shape index (κ2) is 7.76. The maximum absolute atomic E-state index is 13.0. The molecule has 3 aromatic rings. The van der Waals surface area contributed by atoms with Gasteiger partial charge < -0.3 is 15.2 Å². The van der Waals surface area contributed by atoms with Crippen molar-refractivity contribution in [2.24, 2.45) is 0 Å². The summed E-state index contributed by atoms with van der Waals surface area (Å²) in [6.45, 7) is 1.33. The van der Waals surface area contributed by atoms with Crippen LogP contribution in [0.25, 0.3) is 11.1 Å². The minimum atomic E-state index is -0.242. The van der Waals surface area contributed by atoms with Crippen LogP contribution < -0.4 is 10.1 Å². The van der Waals surface area contributed by atoms with Crippen LogP contribution in [-0.2, 0) is 13.0 Å². The van der Waals surface area contributed by atoms with Crippen molar-refractivity contribution in [3.63, 3.8) is 0 Å². The fourth-order valence-electron chi connectivity index (χ4n) is 3.29. The van der Waals surface area contributed by atoms with Gasteiger partial charge in [0.05, 0.1) is 5.69 Å². The van der Waals surface area contributed by atoms with Gasteiger partial charge in [0.1, 0.15) is 11.9 Å². The molecule has 0 saturated heterocycles. The first kappa shape index (κ1) is 17.5. The minimum absolute atomic E-state index is 0.0317. The van der Waals surface area contributed by atoms with Crippen LogP contribution in [0.1, 0.15) is 17.7 Å². The Morgan fingerprint density at radius 3 is 2.67 bits per heavy atom. The van der Waals surface area contributed by atoms with E-state index in [9.17, 15) is 9.50 Å². The van der Waals surface area contributed by atoms with Crippen LogP contribution in [-0.4, -0.2) is 22.7 Å². The summed E-state index contributed by atoms with van der Waals surface area (Å²) in [5.41, 5.74) is 3.89. The third-order valence-electron chi connectivity index (χ3n) is 4.78. The number of phenols is 1. The molecule has 0 amide bonds. The molecule has 2 aromatic carbocycles. The van der Waals surface area contributed by atoms with Crippen LogP contribution >= 0.6 is 0 Å². The molecule has 4 rings (SSSR count). The summed E-state index contributed by atoms with van der Waals surface area (Å²) in [5.74, 6) is 0.570. The van der Waals surface area contributed by atoms with Crippen LogP contribution in [0.5, 0.6) is 11.5 Å². The van der Waals surface area contributed by atoms with Crippen molar-refractivity contribution in [2.75, 3.05) is 6.54 Å². The van der Waals surface area contributed by atoms with Crippen molar-refractivity contribution >= 4 is 0 Å². The zero-order valence-corrected chi connectivity index (χ0v) is 14.9. The first-order chi connectivity index (χ1) is 13.2. The zero-order chi connectivity index (χ0) is 18.6. The summed E-state index contributed by atoms with van der Waals surface area (Å²) >= 11 is 0. The molecule has 0 radical (unpaired) electrons. The Balaban J connectivity index is 1.31. The number of halogens is 1. The SMILES string of the molecule is Oc1cccc2c1O[C@@H](CNCc1ccc(-c3ccc(F)cc3)cn1)CC2. The number of para-hydroxylation sites is 1. The van der Waals surface area contributed by atoms with E-state index in [0.29, 0.717) is 18.8 Å². The molecule has 1 atom stereocenters. The van der Waals surface area contributed by atoms with Crippen molar-refractivity contribution in [1.29, 1.82) is 0 Å². The van der Waals surface area contributed by atoms with Crippen LogP contribution in [0.4, 0.5) is 4.39 Å². The number of phenolic OH excluding ortho intramolecular Hbond substituents is 1. The Morgan fingerprint density at radius 1 is 1.07 bits per heavy atom. The highest BCUT2D eigenvalue weighted by molar-refractivity contribution is 5.62. The predicted octanol–water partition coefficient (Wildman–Crippen LogP) is 4.08. The lowest BCUT2D eigenvalue weighted by Gasteiger charge is -2.26. The van der Waals surface area contributed by atoms with Gasteiger partial charge >= 0.3 is 0 Å². The van der Waals surface area contributed by atoms with E-state index in [1.54, 1.807) is 24.4 Å². The van der Waals surface area contributed by atoms with Crippen molar-refractivity contribution < 1.29 is 14.2 Å². The molecule has 0 spiro atoms. The van der Waals surface area contributed by atoms with Crippen LogP contribution in [0, 0.1) is 5.82 Å². The van der Waals surface area contributed by atoms with E-state index in [1.165, 1.54) is 12.1 Å². The van der Waals surface area contributed by atoms with E-state index in [0.717, 1.165) is 35.2 Å². The number of pyridine rings is 1. The van der Waals surface area contributed by atoms with Gasteiger partial charge in [-0.15, -0.1) is 0 Å². The normalized spacial score (nSPS) is 15.8. The molecule has 2 heterocycles. The average molecular weight is 364 g/mol. The molecule has 0 saturated carbocycles. The number of aromatic hydroxyl groups is 1. The minimum Gasteiger partial charge on any atom is -0.504 e. The number of nitrogens with one attached hydrogen (secondary N) is 1. The van der Waals surface area contributed by atoms with Crippen molar-refractivity contribution in [1.82, 2.24) is 10.3 Å². The predicted molar refractivity (Wildman–Crippen MR) is 102 cm³/mol. The summed E-state index contributed by atoms with van der Waals surface area (Å²) in [6, 6.07) is 15.8. The number of hydrogen-bond donors (Lipinski definition) is 2. The standard InChI is InChI=1S/C22H21FN2O2/c23-18-8-4-15(5-9-18)17-6-10-19(25-12-17)13-24-14-20-11-7-16-2-1-3-21(26)22(16)27-20/h1-6,8-10,12,20,24,26H,7,11,13-14H2/t20-/m1/s1. The molecule has 138 valence electrons. The summed E-state index contributed by atoms with van der Waals surface area (Å²) in [6.07, 6.45) is 3.65. The molecule has 1 aliphatic rings. The summed E-state index contributed by atoms with van der Waals surface area (Å²) < 4.78 is 18.9. The van der Waals surface area contributed by atoms with E-state index >= 15 is 0 Å². The molecule has 0 bridgehead atoms. The maximum Gasteiger partial charge on any atom is 0.164 e. The highest BCUT2D eigenvalue weighted by Crippen LogP contribution is 2.35. The monoisotopic (exact) mass is 364 g/mol. The van der Waals surface area contributed by atoms with Crippen LogP contribution in [0.3, 0.4) is 0 Å². The fraction of sp³-hybridized carbons (Fsp3) is 0.227. The number of ether oxygens (including phenoxy) is 1. The van der Waals surface area contributed by atoms with Crippen molar-refractivity contribution in [3.8, 4) is 22.6 Å². The Kier molecular flexibility index (Phi) is 5.03.